The zero-order valence-electron chi connectivity index (χ0n) is 15.2. The summed E-state index contributed by atoms with van der Waals surface area (Å²) in [5.74, 6) is -0.279. The Morgan fingerprint density at radius 1 is 0.864 bits per heavy atom. The second-order valence-corrected chi connectivity index (χ2v) is 5.63. The van der Waals surface area contributed by atoms with Crippen LogP contribution in [0.4, 0.5) is 0 Å². The Balaban J connectivity index is 5.68. The standard InChI is InChI=1S/C20H34O2/c1-6-10-14-17(11-7-2)19(13-9-4)18(12-8-3)15-16-20(21)22-5/h14-16H,6-13H2,1-5H3/b16-15+,17-14+,19-18+. The van der Waals surface area contributed by atoms with Crippen molar-refractivity contribution in [2.24, 2.45) is 0 Å². The van der Waals surface area contributed by atoms with Crippen LogP contribution in [-0.2, 0) is 9.53 Å². The highest BCUT2D eigenvalue weighted by Gasteiger charge is 2.09. The lowest BCUT2D eigenvalue weighted by atomic mass is 9.89. The van der Waals surface area contributed by atoms with Gasteiger partial charge in [-0.3, -0.25) is 0 Å². The Kier molecular flexibility index (Phi) is 12.6. The molecule has 0 atom stereocenters. The lowest BCUT2D eigenvalue weighted by molar-refractivity contribution is -0.134. The average Bonchev–Trinajstić information content (AvgIpc) is 2.53. The van der Waals surface area contributed by atoms with Crippen LogP contribution >= 0.6 is 0 Å². The molecular weight excluding hydrogens is 272 g/mol. The molecule has 0 rings (SSSR count). The van der Waals surface area contributed by atoms with E-state index in [4.69, 9.17) is 4.74 Å². The fourth-order valence-electron chi connectivity index (χ4n) is 2.58. The molecule has 0 amide bonds. The van der Waals surface area contributed by atoms with E-state index in [0.717, 1.165) is 44.9 Å². The van der Waals surface area contributed by atoms with Crippen molar-refractivity contribution in [3.8, 4) is 0 Å². The summed E-state index contributed by atoms with van der Waals surface area (Å²) in [5.41, 5.74) is 4.22. The topological polar surface area (TPSA) is 26.3 Å². The largest absolute Gasteiger partial charge is 0.466 e. The van der Waals surface area contributed by atoms with E-state index in [9.17, 15) is 4.79 Å². The lowest BCUT2D eigenvalue weighted by Gasteiger charge is -2.16. The predicted molar refractivity (Wildman–Crippen MR) is 95.9 cm³/mol. The maximum Gasteiger partial charge on any atom is 0.330 e. The zero-order valence-corrected chi connectivity index (χ0v) is 15.2. The molecule has 0 aliphatic rings. The van der Waals surface area contributed by atoms with E-state index in [1.165, 1.54) is 30.2 Å². The molecule has 2 heteroatoms. The van der Waals surface area contributed by atoms with Crippen molar-refractivity contribution in [1.29, 1.82) is 0 Å². The minimum atomic E-state index is -0.279. The smallest absolute Gasteiger partial charge is 0.330 e. The molecule has 0 heterocycles. The van der Waals surface area contributed by atoms with Crippen molar-refractivity contribution < 1.29 is 9.53 Å². The van der Waals surface area contributed by atoms with Crippen molar-refractivity contribution in [2.75, 3.05) is 7.11 Å². The van der Waals surface area contributed by atoms with Gasteiger partial charge in [0.25, 0.3) is 0 Å². The predicted octanol–water partition coefficient (Wildman–Crippen LogP) is 6.14. The van der Waals surface area contributed by atoms with Crippen molar-refractivity contribution in [1.82, 2.24) is 0 Å². The number of esters is 1. The minimum absolute atomic E-state index is 0.279. The Labute approximate surface area is 137 Å². The number of unbranched alkanes of at least 4 members (excludes halogenated alkanes) is 1. The van der Waals surface area contributed by atoms with Crippen LogP contribution in [0.2, 0.25) is 0 Å². The molecule has 0 saturated heterocycles. The number of ether oxygens (including phenoxy) is 1. The molecule has 2 nitrogen and oxygen atoms in total. The molecule has 22 heavy (non-hydrogen) atoms. The maximum absolute atomic E-state index is 11.4. The van der Waals surface area contributed by atoms with Gasteiger partial charge >= 0.3 is 5.97 Å². The van der Waals surface area contributed by atoms with Gasteiger partial charge in [0.05, 0.1) is 7.11 Å². The van der Waals surface area contributed by atoms with Crippen molar-refractivity contribution >= 4 is 5.97 Å². The summed E-state index contributed by atoms with van der Waals surface area (Å²) in [7, 11) is 1.42. The van der Waals surface area contributed by atoms with Gasteiger partial charge in [0.15, 0.2) is 0 Å². The molecule has 0 aliphatic carbocycles. The van der Waals surface area contributed by atoms with Gasteiger partial charge in [-0.1, -0.05) is 65.5 Å². The van der Waals surface area contributed by atoms with Crippen LogP contribution in [0, 0.1) is 0 Å². The molecule has 0 saturated carbocycles. The molecule has 0 radical (unpaired) electrons. The van der Waals surface area contributed by atoms with E-state index < -0.39 is 0 Å². The SMILES string of the molecule is CCC/C=C(CCC)/C(CCC)=C(/C=C/C(=O)OC)CCC. The Morgan fingerprint density at radius 2 is 1.50 bits per heavy atom. The van der Waals surface area contributed by atoms with Gasteiger partial charge in [-0.25, -0.2) is 4.79 Å². The van der Waals surface area contributed by atoms with Gasteiger partial charge < -0.3 is 4.74 Å². The molecule has 0 unspecified atom stereocenters. The third-order valence-corrected chi connectivity index (χ3v) is 3.62. The van der Waals surface area contributed by atoms with Gasteiger partial charge in [-0.05, 0) is 42.4 Å². The highest BCUT2D eigenvalue weighted by atomic mass is 16.5. The summed E-state index contributed by atoms with van der Waals surface area (Å²) < 4.78 is 4.73. The van der Waals surface area contributed by atoms with Crippen LogP contribution in [0.1, 0.15) is 79.1 Å². The van der Waals surface area contributed by atoms with Gasteiger partial charge in [-0.2, -0.15) is 0 Å². The molecular formula is C20H34O2. The first kappa shape index (κ1) is 20.7. The van der Waals surface area contributed by atoms with Gasteiger partial charge in [0.2, 0.25) is 0 Å². The first-order chi connectivity index (χ1) is 10.6. The number of carbonyl (C=O) groups excluding carboxylic acids is 1. The Morgan fingerprint density at radius 3 is 2.00 bits per heavy atom. The Bertz CT molecular complexity index is 400. The third kappa shape index (κ3) is 8.21. The second kappa shape index (κ2) is 13.4. The average molecular weight is 306 g/mol. The van der Waals surface area contributed by atoms with E-state index in [1.54, 1.807) is 6.08 Å². The summed E-state index contributed by atoms with van der Waals surface area (Å²) >= 11 is 0. The van der Waals surface area contributed by atoms with E-state index in [-0.39, 0.29) is 5.97 Å². The molecule has 0 N–H and O–H groups in total. The van der Waals surface area contributed by atoms with E-state index in [2.05, 4.69) is 33.8 Å². The van der Waals surface area contributed by atoms with Crippen LogP contribution in [0.3, 0.4) is 0 Å². The summed E-state index contributed by atoms with van der Waals surface area (Å²) in [6.07, 6.45) is 14.8. The highest BCUT2D eigenvalue weighted by molar-refractivity contribution is 5.82. The highest BCUT2D eigenvalue weighted by Crippen LogP contribution is 2.28. The maximum atomic E-state index is 11.4. The van der Waals surface area contributed by atoms with E-state index in [0.29, 0.717) is 0 Å². The molecule has 0 aromatic rings. The fraction of sp³-hybridized carbons (Fsp3) is 0.650. The van der Waals surface area contributed by atoms with Gasteiger partial charge in [-0.15, -0.1) is 0 Å². The number of allylic oxidation sites excluding steroid dienone is 5. The minimum Gasteiger partial charge on any atom is -0.466 e. The van der Waals surface area contributed by atoms with Crippen molar-refractivity contribution in [3.63, 3.8) is 0 Å². The number of hydrogen-bond acceptors (Lipinski definition) is 2. The monoisotopic (exact) mass is 306 g/mol. The number of rotatable bonds is 11. The molecule has 0 aromatic heterocycles. The first-order valence-corrected chi connectivity index (χ1v) is 8.81. The number of carbonyl (C=O) groups is 1. The number of hydrogen-bond donors (Lipinski definition) is 0. The third-order valence-electron chi connectivity index (χ3n) is 3.62. The van der Waals surface area contributed by atoms with Crippen LogP contribution < -0.4 is 0 Å². The zero-order chi connectivity index (χ0) is 16.8. The van der Waals surface area contributed by atoms with Crippen molar-refractivity contribution in [2.45, 2.75) is 79.1 Å². The first-order valence-electron chi connectivity index (χ1n) is 8.81. The summed E-state index contributed by atoms with van der Waals surface area (Å²) in [5, 5.41) is 0. The molecule has 0 spiro atoms. The molecule has 126 valence electrons. The normalized spacial score (nSPS) is 13.4. The number of methoxy groups -OCH3 is 1. The molecule has 0 bridgehead atoms. The summed E-state index contributed by atoms with van der Waals surface area (Å²) in [6.45, 7) is 8.85. The summed E-state index contributed by atoms with van der Waals surface area (Å²) in [6, 6.07) is 0. The van der Waals surface area contributed by atoms with Gasteiger partial charge in [0.1, 0.15) is 0 Å². The van der Waals surface area contributed by atoms with Gasteiger partial charge in [0, 0.05) is 6.08 Å². The lowest BCUT2D eigenvalue weighted by Crippen LogP contribution is -1.99. The van der Waals surface area contributed by atoms with E-state index >= 15 is 0 Å². The summed E-state index contributed by atoms with van der Waals surface area (Å²) in [4.78, 5) is 11.4. The van der Waals surface area contributed by atoms with Crippen LogP contribution in [0.25, 0.3) is 0 Å². The van der Waals surface area contributed by atoms with E-state index in [1.807, 2.05) is 6.08 Å². The molecule has 0 aromatic carbocycles. The fourth-order valence-corrected chi connectivity index (χ4v) is 2.58. The molecule has 0 aliphatic heterocycles. The second-order valence-electron chi connectivity index (χ2n) is 5.63. The van der Waals surface area contributed by atoms with Crippen LogP contribution in [0.15, 0.2) is 34.9 Å². The quantitative estimate of drug-likeness (QED) is 0.260. The van der Waals surface area contributed by atoms with Crippen molar-refractivity contribution in [3.05, 3.63) is 34.9 Å². The van der Waals surface area contributed by atoms with Crippen LogP contribution in [0.5, 0.6) is 0 Å². The molecule has 0 fully saturated rings. The van der Waals surface area contributed by atoms with Crippen LogP contribution in [-0.4, -0.2) is 13.1 Å². The Hall–Kier alpha value is -1.31.